The first kappa shape index (κ1) is 23.1. The van der Waals surface area contributed by atoms with Crippen molar-refractivity contribution in [2.45, 2.75) is 52.7 Å². The Morgan fingerprint density at radius 1 is 1.06 bits per heavy atom. The molecule has 3 aromatic rings. The number of hydrogen-bond donors (Lipinski definition) is 1. The number of aryl methyl sites for hydroxylation is 2. The van der Waals surface area contributed by atoms with E-state index in [0.717, 1.165) is 16.5 Å². The van der Waals surface area contributed by atoms with Crippen LogP contribution in [0.25, 0.3) is 11.0 Å². The number of carbonyl (C=O) groups is 2. The molecule has 1 N–H and O–H groups in total. The molecule has 1 aromatic heterocycles. The summed E-state index contributed by atoms with van der Waals surface area (Å²) in [5.74, 6) is -0.405. The Labute approximate surface area is 186 Å². The van der Waals surface area contributed by atoms with Crippen LogP contribution in [0.15, 0.2) is 57.7 Å². The number of hydrogen-bond acceptors (Lipinski definition) is 6. The highest BCUT2D eigenvalue weighted by molar-refractivity contribution is 5.87. The molecule has 0 fully saturated rings. The summed E-state index contributed by atoms with van der Waals surface area (Å²) in [6.45, 7) is 8.74. The largest absolute Gasteiger partial charge is 0.444 e. The number of fused-ring (bicyclic) bond motifs is 1. The lowest BCUT2D eigenvalue weighted by Crippen LogP contribution is -2.46. The monoisotopic (exact) mass is 437 g/mol. The average Bonchev–Trinajstić information content (AvgIpc) is 2.69. The Morgan fingerprint density at radius 2 is 1.75 bits per heavy atom. The van der Waals surface area contributed by atoms with Gasteiger partial charge < -0.3 is 19.2 Å². The van der Waals surface area contributed by atoms with Crippen LogP contribution >= 0.6 is 0 Å². The van der Waals surface area contributed by atoms with Gasteiger partial charge in [0.25, 0.3) is 0 Å². The molecule has 0 spiro atoms. The molecule has 1 amide bonds. The summed E-state index contributed by atoms with van der Waals surface area (Å²) in [4.78, 5) is 37.2. The van der Waals surface area contributed by atoms with Crippen LogP contribution in [0, 0.1) is 13.8 Å². The van der Waals surface area contributed by atoms with Gasteiger partial charge in [-0.05, 0) is 57.9 Å². The summed E-state index contributed by atoms with van der Waals surface area (Å²) in [6, 6.07) is 13.1. The highest BCUT2D eigenvalue weighted by Gasteiger charge is 2.27. The number of amides is 1. The normalized spacial score (nSPS) is 12.3. The molecule has 32 heavy (non-hydrogen) atoms. The lowest BCUT2D eigenvalue weighted by atomic mass is 10.1. The van der Waals surface area contributed by atoms with Crippen LogP contribution in [-0.2, 0) is 16.0 Å². The Kier molecular flexibility index (Phi) is 6.67. The van der Waals surface area contributed by atoms with Gasteiger partial charge in [-0.2, -0.15) is 0 Å². The van der Waals surface area contributed by atoms with E-state index in [2.05, 4.69) is 5.32 Å². The van der Waals surface area contributed by atoms with Gasteiger partial charge in [-0.1, -0.05) is 30.3 Å². The van der Waals surface area contributed by atoms with Gasteiger partial charge in [0.15, 0.2) is 0 Å². The van der Waals surface area contributed by atoms with Gasteiger partial charge >= 0.3 is 17.7 Å². The van der Waals surface area contributed by atoms with Gasteiger partial charge in [-0.25, -0.2) is 14.4 Å². The van der Waals surface area contributed by atoms with Crippen molar-refractivity contribution in [3.63, 3.8) is 0 Å². The van der Waals surface area contributed by atoms with E-state index < -0.39 is 29.3 Å². The number of benzene rings is 2. The lowest BCUT2D eigenvalue weighted by Gasteiger charge is -2.23. The highest BCUT2D eigenvalue weighted by Crippen LogP contribution is 2.28. The summed E-state index contributed by atoms with van der Waals surface area (Å²) < 4.78 is 16.3. The second kappa shape index (κ2) is 9.26. The van der Waals surface area contributed by atoms with E-state index in [9.17, 15) is 14.4 Å². The van der Waals surface area contributed by atoms with Crippen molar-refractivity contribution < 1.29 is 23.5 Å². The van der Waals surface area contributed by atoms with E-state index >= 15 is 0 Å². The van der Waals surface area contributed by atoms with Crippen LogP contribution in [0.1, 0.15) is 37.5 Å². The first-order valence-electron chi connectivity index (χ1n) is 10.3. The van der Waals surface area contributed by atoms with E-state index in [1.807, 2.05) is 37.3 Å². The molecule has 7 nitrogen and oxygen atoms in total. The molecule has 168 valence electrons. The maximum Gasteiger partial charge on any atom is 0.408 e. The molecule has 0 radical (unpaired) electrons. The molecule has 1 heterocycles. The third kappa shape index (κ3) is 5.75. The van der Waals surface area contributed by atoms with Gasteiger partial charge in [0.05, 0.1) is 0 Å². The molecule has 0 saturated carbocycles. The minimum absolute atomic E-state index is 0.222. The maximum absolute atomic E-state index is 13.1. The van der Waals surface area contributed by atoms with Crippen LogP contribution in [0.2, 0.25) is 0 Å². The van der Waals surface area contributed by atoms with Gasteiger partial charge in [0, 0.05) is 23.4 Å². The molecule has 7 heteroatoms. The highest BCUT2D eigenvalue weighted by atomic mass is 16.6. The van der Waals surface area contributed by atoms with Crippen LogP contribution in [0.4, 0.5) is 4.79 Å². The fourth-order valence-electron chi connectivity index (χ4n) is 3.28. The van der Waals surface area contributed by atoms with Crippen LogP contribution in [0.5, 0.6) is 5.75 Å². The first-order valence-corrected chi connectivity index (χ1v) is 10.3. The van der Waals surface area contributed by atoms with Gasteiger partial charge in [-0.15, -0.1) is 0 Å². The molecule has 0 saturated heterocycles. The average molecular weight is 437 g/mol. The van der Waals surface area contributed by atoms with Crippen molar-refractivity contribution in [1.82, 2.24) is 5.32 Å². The van der Waals surface area contributed by atoms with E-state index in [1.165, 1.54) is 6.07 Å². The summed E-state index contributed by atoms with van der Waals surface area (Å²) >= 11 is 0. The predicted molar refractivity (Wildman–Crippen MR) is 121 cm³/mol. The van der Waals surface area contributed by atoms with Crippen molar-refractivity contribution in [1.29, 1.82) is 0 Å². The van der Waals surface area contributed by atoms with E-state index in [1.54, 1.807) is 39.8 Å². The van der Waals surface area contributed by atoms with Crippen molar-refractivity contribution in [2.24, 2.45) is 0 Å². The molecule has 3 rings (SSSR count). The Balaban J connectivity index is 1.88. The fourth-order valence-corrected chi connectivity index (χ4v) is 3.28. The molecular weight excluding hydrogens is 410 g/mol. The van der Waals surface area contributed by atoms with Crippen molar-refractivity contribution in [3.05, 3.63) is 75.6 Å². The van der Waals surface area contributed by atoms with Crippen molar-refractivity contribution in [2.75, 3.05) is 0 Å². The van der Waals surface area contributed by atoms with Crippen LogP contribution in [-0.4, -0.2) is 23.7 Å². The second-order valence-electron chi connectivity index (χ2n) is 8.62. The molecular formula is C25H27NO6. The lowest BCUT2D eigenvalue weighted by molar-refractivity contribution is -0.136. The molecule has 0 unspecified atom stereocenters. The zero-order valence-corrected chi connectivity index (χ0v) is 18.9. The zero-order chi connectivity index (χ0) is 23.5. The third-order valence-corrected chi connectivity index (χ3v) is 4.79. The third-order valence-electron chi connectivity index (χ3n) is 4.79. The van der Waals surface area contributed by atoms with Gasteiger partial charge in [0.1, 0.15) is 23.0 Å². The summed E-state index contributed by atoms with van der Waals surface area (Å²) in [5, 5.41) is 3.37. The van der Waals surface area contributed by atoms with Gasteiger partial charge in [-0.3, -0.25) is 0 Å². The fraction of sp³-hybridized carbons (Fsp3) is 0.320. The molecule has 1 atom stereocenters. The summed E-state index contributed by atoms with van der Waals surface area (Å²) in [6.07, 6.45) is -0.494. The van der Waals surface area contributed by atoms with E-state index in [0.29, 0.717) is 11.1 Å². The van der Waals surface area contributed by atoms with Crippen molar-refractivity contribution >= 4 is 23.0 Å². The number of alkyl carbamates (subject to hydrolysis) is 1. The van der Waals surface area contributed by atoms with Gasteiger partial charge in [0.2, 0.25) is 0 Å². The molecule has 0 bridgehead atoms. The summed E-state index contributed by atoms with van der Waals surface area (Å²) in [5.41, 5.74) is 1.31. The second-order valence-corrected chi connectivity index (χ2v) is 8.62. The summed E-state index contributed by atoms with van der Waals surface area (Å²) in [7, 11) is 0. The number of ether oxygens (including phenoxy) is 2. The van der Waals surface area contributed by atoms with E-state index in [4.69, 9.17) is 13.9 Å². The zero-order valence-electron chi connectivity index (χ0n) is 18.9. The first-order chi connectivity index (χ1) is 15.0. The number of rotatable bonds is 5. The van der Waals surface area contributed by atoms with Crippen LogP contribution in [0.3, 0.4) is 0 Å². The number of nitrogens with one attached hydrogen (secondary N) is 1. The smallest absolute Gasteiger partial charge is 0.408 e. The van der Waals surface area contributed by atoms with E-state index in [-0.39, 0.29) is 12.2 Å². The topological polar surface area (TPSA) is 94.8 Å². The molecule has 0 aliphatic rings. The van der Waals surface area contributed by atoms with Crippen molar-refractivity contribution in [3.8, 4) is 5.75 Å². The Morgan fingerprint density at radius 3 is 2.41 bits per heavy atom. The Hall–Kier alpha value is -3.61. The standard InChI is InChI=1S/C25H27NO6/c1-15-13-21(27)31-22-16(2)20(12-11-18(15)22)30-23(28)19(14-17-9-7-6-8-10-17)26-24(29)32-25(3,4)5/h6-13,19H,14H2,1-5H3,(H,26,29)/t19-/m1/s1. The quantitative estimate of drug-likeness (QED) is 0.360. The molecule has 0 aliphatic carbocycles. The molecule has 2 aromatic carbocycles. The number of esters is 1. The maximum atomic E-state index is 13.1. The SMILES string of the molecule is Cc1cc(=O)oc2c(C)c(OC(=O)[C@@H](Cc3ccccc3)NC(=O)OC(C)(C)C)ccc12. The Bertz CT molecular complexity index is 1190. The minimum atomic E-state index is -0.980. The molecule has 0 aliphatic heterocycles. The van der Waals surface area contributed by atoms with Crippen LogP contribution < -0.4 is 15.7 Å². The number of carbonyl (C=O) groups excluding carboxylic acids is 2. The minimum Gasteiger partial charge on any atom is -0.444 e. The predicted octanol–water partition coefficient (Wildman–Crippen LogP) is 4.45.